The van der Waals surface area contributed by atoms with Crippen LogP contribution in [-0.4, -0.2) is 21.0 Å². The highest BCUT2D eigenvalue weighted by Crippen LogP contribution is 2.18. The van der Waals surface area contributed by atoms with E-state index < -0.39 is 0 Å². The van der Waals surface area contributed by atoms with Crippen LogP contribution in [0, 0.1) is 5.92 Å². The standard InChI is InChI=1S/C13H24N4O/c1-9(2)12(14)10-6-15-8-17(10)7-11(18)16-13(3,4)5/h6,8-9,12H,7,14H2,1-5H3,(H,16,18). The average Bonchev–Trinajstić information content (AvgIpc) is 2.61. The lowest BCUT2D eigenvalue weighted by Crippen LogP contribution is -2.42. The smallest absolute Gasteiger partial charge is 0.240 e. The zero-order valence-corrected chi connectivity index (χ0v) is 11.9. The van der Waals surface area contributed by atoms with Crippen LogP contribution in [0.1, 0.15) is 46.4 Å². The predicted molar refractivity (Wildman–Crippen MR) is 71.9 cm³/mol. The van der Waals surface area contributed by atoms with E-state index in [0.717, 1.165) is 5.69 Å². The third-order valence-corrected chi connectivity index (χ3v) is 2.63. The molecule has 0 aromatic carbocycles. The zero-order chi connectivity index (χ0) is 13.9. The number of carbonyl (C=O) groups excluding carboxylic acids is 1. The molecule has 1 aromatic rings. The molecule has 3 N–H and O–H groups in total. The second kappa shape index (κ2) is 5.52. The fraction of sp³-hybridized carbons (Fsp3) is 0.692. The molecule has 0 aliphatic carbocycles. The van der Waals surface area contributed by atoms with Crippen molar-refractivity contribution in [1.82, 2.24) is 14.9 Å². The van der Waals surface area contributed by atoms with Crippen molar-refractivity contribution in [2.24, 2.45) is 11.7 Å². The van der Waals surface area contributed by atoms with E-state index in [1.54, 1.807) is 12.5 Å². The van der Waals surface area contributed by atoms with E-state index in [-0.39, 0.29) is 24.0 Å². The third-order valence-electron chi connectivity index (χ3n) is 2.63. The maximum Gasteiger partial charge on any atom is 0.240 e. The molecule has 102 valence electrons. The summed E-state index contributed by atoms with van der Waals surface area (Å²) in [6, 6.07) is -0.102. The monoisotopic (exact) mass is 252 g/mol. The van der Waals surface area contributed by atoms with E-state index in [4.69, 9.17) is 5.73 Å². The van der Waals surface area contributed by atoms with Crippen molar-refractivity contribution in [3.8, 4) is 0 Å². The van der Waals surface area contributed by atoms with Crippen LogP contribution in [0.3, 0.4) is 0 Å². The summed E-state index contributed by atoms with van der Waals surface area (Å²) in [5.74, 6) is 0.281. The zero-order valence-electron chi connectivity index (χ0n) is 11.9. The molecular weight excluding hydrogens is 228 g/mol. The molecule has 1 unspecified atom stereocenters. The lowest BCUT2D eigenvalue weighted by atomic mass is 10.0. The van der Waals surface area contributed by atoms with Crippen LogP contribution in [0.5, 0.6) is 0 Å². The Bertz CT molecular complexity index is 403. The van der Waals surface area contributed by atoms with Gasteiger partial charge in [-0.2, -0.15) is 0 Å². The largest absolute Gasteiger partial charge is 0.350 e. The minimum Gasteiger partial charge on any atom is -0.350 e. The molecule has 1 rings (SSSR count). The Hall–Kier alpha value is -1.36. The molecule has 0 aliphatic rings. The van der Waals surface area contributed by atoms with Crippen LogP contribution >= 0.6 is 0 Å². The molecule has 0 aliphatic heterocycles. The number of nitrogens with two attached hydrogens (primary N) is 1. The van der Waals surface area contributed by atoms with Crippen molar-refractivity contribution in [3.05, 3.63) is 18.2 Å². The molecule has 1 atom stereocenters. The van der Waals surface area contributed by atoms with Gasteiger partial charge in [0.15, 0.2) is 0 Å². The van der Waals surface area contributed by atoms with Crippen LogP contribution in [0.2, 0.25) is 0 Å². The number of carbonyl (C=O) groups is 1. The number of nitrogens with zero attached hydrogens (tertiary/aromatic N) is 2. The van der Waals surface area contributed by atoms with Gasteiger partial charge in [0, 0.05) is 17.8 Å². The van der Waals surface area contributed by atoms with E-state index in [2.05, 4.69) is 24.1 Å². The predicted octanol–water partition coefficient (Wildman–Crippen LogP) is 1.45. The van der Waals surface area contributed by atoms with Gasteiger partial charge in [-0.05, 0) is 26.7 Å². The van der Waals surface area contributed by atoms with Crippen LogP contribution in [0.25, 0.3) is 0 Å². The average molecular weight is 252 g/mol. The third kappa shape index (κ3) is 4.14. The normalized spacial score (nSPS) is 13.7. The first-order valence-electron chi connectivity index (χ1n) is 6.27. The first kappa shape index (κ1) is 14.7. The fourth-order valence-corrected chi connectivity index (χ4v) is 1.69. The van der Waals surface area contributed by atoms with Gasteiger partial charge < -0.3 is 15.6 Å². The van der Waals surface area contributed by atoms with Crippen molar-refractivity contribution in [1.29, 1.82) is 0 Å². The molecule has 1 aromatic heterocycles. The number of rotatable bonds is 4. The van der Waals surface area contributed by atoms with Gasteiger partial charge in [0.2, 0.25) is 5.91 Å². The second-order valence-corrected chi connectivity index (χ2v) is 6.01. The van der Waals surface area contributed by atoms with Crippen LogP contribution in [0.4, 0.5) is 0 Å². The summed E-state index contributed by atoms with van der Waals surface area (Å²) in [6.07, 6.45) is 3.38. The number of hydrogen-bond donors (Lipinski definition) is 2. The van der Waals surface area contributed by atoms with Crippen LogP contribution in [-0.2, 0) is 11.3 Å². The first-order valence-corrected chi connectivity index (χ1v) is 6.27. The van der Waals surface area contributed by atoms with Gasteiger partial charge in [-0.15, -0.1) is 0 Å². The van der Waals surface area contributed by atoms with Gasteiger partial charge in [0.1, 0.15) is 6.54 Å². The summed E-state index contributed by atoms with van der Waals surface area (Å²) in [6.45, 7) is 10.2. The molecule has 5 heteroatoms. The minimum atomic E-state index is -0.224. The number of amides is 1. The molecule has 0 saturated carbocycles. The fourth-order valence-electron chi connectivity index (χ4n) is 1.69. The van der Waals surface area contributed by atoms with Crippen molar-refractivity contribution < 1.29 is 4.79 Å². The SMILES string of the molecule is CC(C)C(N)c1cncn1CC(=O)NC(C)(C)C. The number of nitrogens with one attached hydrogen (secondary N) is 1. The summed E-state index contributed by atoms with van der Waals surface area (Å²) in [5, 5.41) is 2.92. The maximum absolute atomic E-state index is 11.9. The van der Waals surface area contributed by atoms with E-state index in [0.29, 0.717) is 5.92 Å². The second-order valence-electron chi connectivity index (χ2n) is 6.01. The number of imidazole rings is 1. The van der Waals surface area contributed by atoms with Crippen molar-refractivity contribution in [2.75, 3.05) is 0 Å². The van der Waals surface area contributed by atoms with E-state index in [1.807, 2.05) is 25.3 Å². The highest BCUT2D eigenvalue weighted by atomic mass is 16.2. The molecule has 0 saturated heterocycles. The van der Waals surface area contributed by atoms with Crippen LogP contribution < -0.4 is 11.1 Å². The number of hydrogen-bond acceptors (Lipinski definition) is 3. The molecule has 0 radical (unpaired) electrons. The van der Waals surface area contributed by atoms with Crippen molar-refractivity contribution in [3.63, 3.8) is 0 Å². The molecule has 1 heterocycles. The Balaban J connectivity index is 2.74. The molecular formula is C13H24N4O. The highest BCUT2D eigenvalue weighted by Gasteiger charge is 2.18. The van der Waals surface area contributed by atoms with Crippen LogP contribution in [0.15, 0.2) is 12.5 Å². The molecule has 1 amide bonds. The molecule has 0 spiro atoms. The topological polar surface area (TPSA) is 72.9 Å². The lowest BCUT2D eigenvalue weighted by molar-refractivity contribution is -0.123. The summed E-state index contributed by atoms with van der Waals surface area (Å²) >= 11 is 0. The highest BCUT2D eigenvalue weighted by molar-refractivity contribution is 5.76. The summed E-state index contributed by atoms with van der Waals surface area (Å²) < 4.78 is 1.81. The van der Waals surface area contributed by atoms with Gasteiger partial charge in [0.25, 0.3) is 0 Å². The number of aromatic nitrogens is 2. The van der Waals surface area contributed by atoms with Gasteiger partial charge in [-0.3, -0.25) is 4.79 Å². The molecule has 5 nitrogen and oxygen atoms in total. The summed E-state index contributed by atoms with van der Waals surface area (Å²) in [7, 11) is 0. The Labute approximate surface area is 109 Å². The Morgan fingerprint density at radius 2 is 2.11 bits per heavy atom. The van der Waals surface area contributed by atoms with E-state index >= 15 is 0 Å². The minimum absolute atomic E-state index is 0.0299. The Morgan fingerprint density at radius 1 is 1.50 bits per heavy atom. The first-order chi connectivity index (χ1) is 8.20. The van der Waals surface area contributed by atoms with Crippen molar-refractivity contribution >= 4 is 5.91 Å². The molecule has 18 heavy (non-hydrogen) atoms. The Kier molecular flexibility index (Phi) is 4.51. The Morgan fingerprint density at radius 3 is 2.61 bits per heavy atom. The van der Waals surface area contributed by atoms with Gasteiger partial charge >= 0.3 is 0 Å². The summed E-state index contributed by atoms with van der Waals surface area (Å²) in [4.78, 5) is 15.9. The van der Waals surface area contributed by atoms with Gasteiger partial charge in [-0.25, -0.2) is 4.98 Å². The van der Waals surface area contributed by atoms with E-state index in [9.17, 15) is 4.79 Å². The molecule has 0 fully saturated rings. The molecule has 0 bridgehead atoms. The maximum atomic E-state index is 11.9. The van der Waals surface area contributed by atoms with Gasteiger partial charge in [-0.1, -0.05) is 13.8 Å². The van der Waals surface area contributed by atoms with Crippen molar-refractivity contribution in [2.45, 2.75) is 52.7 Å². The summed E-state index contributed by atoms with van der Waals surface area (Å²) in [5.41, 5.74) is 6.77. The lowest BCUT2D eigenvalue weighted by Gasteiger charge is -2.22. The quantitative estimate of drug-likeness (QED) is 0.852. The van der Waals surface area contributed by atoms with E-state index in [1.165, 1.54) is 0 Å². The van der Waals surface area contributed by atoms with Gasteiger partial charge in [0.05, 0.1) is 12.0 Å².